The lowest BCUT2D eigenvalue weighted by atomic mass is 9.82. The molecule has 11 nitrogen and oxygen atoms in total. The number of allylic oxidation sites excluding steroid dienone is 2. The smallest absolute Gasteiger partial charge is 0.239 e. The first-order valence-corrected chi connectivity index (χ1v) is 9.28. The molecule has 0 radical (unpaired) electrons. The van der Waals surface area contributed by atoms with Crippen molar-refractivity contribution < 1.29 is 23.9 Å². The van der Waals surface area contributed by atoms with Crippen molar-refractivity contribution >= 4 is 23.6 Å². The second-order valence-corrected chi connectivity index (χ2v) is 7.51. The Kier molecular flexibility index (Phi) is 5.85. The first-order valence-electron chi connectivity index (χ1n) is 9.28. The third-order valence-corrected chi connectivity index (χ3v) is 5.98. The highest BCUT2D eigenvalue weighted by molar-refractivity contribution is 5.90. The molecule has 0 aromatic carbocycles. The van der Waals surface area contributed by atoms with Crippen molar-refractivity contribution in [3.8, 4) is 12.4 Å². The van der Waals surface area contributed by atoms with Gasteiger partial charge in [-0.1, -0.05) is 24.3 Å². The lowest BCUT2D eigenvalue weighted by Gasteiger charge is -2.23. The minimum Gasteiger partial charge on any atom is -0.369 e. The number of hydrogen-bond donors (Lipinski definition) is 4. The molecule has 4 bridgehead atoms. The molecule has 0 spiro atoms. The van der Waals surface area contributed by atoms with Crippen LogP contribution in [0.1, 0.15) is 6.42 Å². The van der Waals surface area contributed by atoms with Crippen LogP contribution >= 0.6 is 0 Å². The number of carbonyl (C=O) groups excluding carboxylic acids is 4. The van der Waals surface area contributed by atoms with Crippen molar-refractivity contribution in [3.05, 3.63) is 24.3 Å². The Balaban J connectivity index is 0.000000171. The van der Waals surface area contributed by atoms with Gasteiger partial charge in [-0.2, -0.15) is 10.5 Å². The fraction of sp³-hybridized carbons (Fsp3) is 0.474. The summed E-state index contributed by atoms with van der Waals surface area (Å²) in [7, 11) is 0. The van der Waals surface area contributed by atoms with E-state index in [4.69, 9.17) is 26.7 Å². The number of ether oxygens (including phenoxy) is 1. The topological polar surface area (TPSA) is 201 Å². The Hall–Kier alpha value is -3.70. The van der Waals surface area contributed by atoms with Gasteiger partial charge in [0, 0.05) is 0 Å². The Labute approximate surface area is 171 Å². The molecule has 2 aliphatic heterocycles. The molecule has 0 aromatic heterocycles. The van der Waals surface area contributed by atoms with Crippen LogP contribution in [0.2, 0.25) is 0 Å². The lowest BCUT2D eigenvalue weighted by Crippen LogP contribution is -2.43. The van der Waals surface area contributed by atoms with Crippen molar-refractivity contribution in [1.29, 1.82) is 10.5 Å². The molecule has 2 fully saturated rings. The molecule has 2 aliphatic carbocycles. The van der Waals surface area contributed by atoms with E-state index in [2.05, 4.69) is 5.32 Å². The first-order chi connectivity index (χ1) is 14.3. The maximum Gasteiger partial charge on any atom is 0.239 e. The van der Waals surface area contributed by atoms with Crippen molar-refractivity contribution in [2.75, 3.05) is 0 Å². The van der Waals surface area contributed by atoms with E-state index in [0.29, 0.717) is 0 Å². The monoisotopic (exact) mass is 412 g/mol. The van der Waals surface area contributed by atoms with Crippen molar-refractivity contribution in [2.24, 2.45) is 47.0 Å². The van der Waals surface area contributed by atoms with E-state index >= 15 is 0 Å². The Bertz CT molecular complexity index is 841. The average Bonchev–Trinajstić information content (AvgIpc) is 3.47. The minimum atomic E-state index is -0.683. The van der Waals surface area contributed by atoms with Crippen molar-refractivity contribution in [2.45, 2.75) is 18.6 Å². The third-order valence-electron chi connectivity index (χ3n) is 5.98. The van der Waals surface area contributed by atoms with Crippen molar-refractivity contribution in [3.63, 3.8) is 0 Å². The lowest BCUT2D eigenvalue weighted by molar-refractivity contribution is -0.133. The molecule has 0 aromatic rings. The van der Waals surface area contributed by atoms with Gasteiger partial charge in [-0.25, -0.2) is 0 Å². The number of fused-ring (bicyclic) bond motifs is 4. The fourth-order valence-corrected chi connectivity index (χ4v) is 4.80. The predicted molar refractivity (Wildman–Crippen MR) is 98.4 cm³/mol. The number of hydrogen-bond acceptors (Lipinski definition) is 7. The van der Waals surface area contributed by atoms with Gasteiger partial charge in [0.2, 0.25) is 23.6 Å². The SMILES string of the molecule is N#CNC(=O)C1C2C=CC(C2)C1C(N)=O.N#CNC(=O)C1C2C=CC(O2)C1C(N)=O. The molecule has 4 rings (SSSR count). The molecular formula is C19H20N6O5. The maximum atomic E-state index is 11.6. The number of nitrogens with two attached hydrogens (primary N) is 2. The maximum absolute atomic E-state index is 11.6. The third kappa shape index (κ3) is 3.63. The molecule has 30 heavy (non-hydrogen) atoms. The summed E-state index contributed by atoms with van der Waals surface area (Å²) in [6.45, 7) is 0. The van der Waals surface area contributed by atoms with Crippen LogP contribution in [0.25, 0.3) is 0 Å². The van der Waals surface area contributed by atoms with Crippen LogP contribution in [0.4, 0.5) is 0 Å². The number of amides is 4. The van der Waals surface area contributed by atoms with Gasteiger partial charge in [0.05, 0.1) is 35.9 Å². The molecule has 4 amide bonds. The van der Waals surface area contributed by atoms with Gasteiger partial charge in [-0.05, 0) is 18.3 Å². The summed E-state index contributed by atoms with van der Waals surface area (Å²) in [5, 5.41) is 20.8. The van der Waals surface area contributed by atoms with E-state index in [1.165, 1.54) is 6.19 Å². The van der Waals surface area contributed by atoms with E-state index in [9.17, 15) is 19.2 Å². The molecule has 11 heteroatoms. The summed E-state index contributed by atoms with van der Waals surface area (Å²) in [4.78, 5) is 45.5. The number of nitrogens with zero attached hydrogens (tertiary/aromatic N) is 2. The number of carbonyl (C=O) groups is 4. The number of nitriles is 2. The largest absolute Gasteiger partial charge is 0.369 e. The summed E-state index contributed by atoms with van der Waals surface area (Å²) < 4.78 is 5.34. The van der Waals surface area contributed by atoms with Crippen molar-refractivity contribution in [1.82, 2.24) is 10.6 Å². The van der Waals surface area contributed by atoms with E-state index in [0.717, 1.165) is 6.42 Å². The van der Waals surface area contributed by atoms with Gasteiger partial charge >= 0.3 is 0 Å². The van der Waals surface area contributed by atoms with E-state index < -0.39 is 59.5 Å². The van der Waals surface area contributed by atoms with Crippen LogP contribution in [-0.4, -0.2) is 35.8 Å². The van der Waals surface area contributed by atoms with Crippen LogP contribution in [0.5, 0.6) is 0 Å². The van der Waals surface area contributed by atoms with Crippen LogP contribution in [0, 0.1) is 58.4 Å². The molecular weight excluding hydrogens is 392 g/mol. The molecule has 8 unspecified atom stereocenters. The highest BCUT2D eigenvalue weighted by Gasteiger charge is 2.52. The second kappa shape index (κ2) is 8.35. The van der Waals surface area contributed by atoms with Crippen LogP contribution < -0.4 is 22.1 Å². The highest BCUT2D eigenvalue weighted by atomic mass is 16.5. The summed E-state index contributed by atoms with van der Waals surface area (Å²) in [5.74, 6) is -4.08. The molecule has 6 N–H and O–H groups in total. The quantitative estimate of drug-likeness (QED) is 0.235. The molecule has 4 aliphatic rings. The zero-order valence-electron chi connectivity index (χ0n) is 15.7. The number of primary amides is 2. The standard InChI is InChI=1S/C10H11N3O2.C9H9N3O3/c11-4-13-10(15)8-6-2-1-5(3-6)7(8)9(12)14;10-3-12-9(14)7-5-2-1-4(15-5)6(7)8(11)13/h1-2,5-8H,3H2,(H2,12,14)(H,13,15);1-2,4-7H,(H2,11,13)(H,12,14). The molecule has 156 valence electrons. The highest BCUT2D eigenvalue weighted by Crippen LogP contribution is 2.47. The van der Waals surface area contributed by atoms with Crippen LogP contribution in [-0.2, 0) is 23.9 Å². The number of rotatable bonds is 4. The summed E-state index contributed by atoms with van der Waals surface area (Å²) in [6, 6.07) is 0. The van der Waals surface area contributed by atoms with Gasteiger partial charge in [0.15, 0.2) is 12.4 Å². The zero-order valence-corrected chi connectivity index (χ0v) is 15.7. The van der Waals surface area contributed by atoms with E-state index in [1.807, 2.05) is 17.5 Å². The predicted octanol–water partition coefficient (Wildman–Crippen LogP) is -1.85. The summed E-state index contributed by atoms with van der Waals surface area (Å²) >= 11 is 0. The van der Waals surface area contributed by atoms with Gasteiger partial charge in [-0.3, -0.25) is 29.8 Å². The second-order valence-electron chi connectivity index (χ2n) is 7.51. The summed E-state index contributed by atoms with van der Waals surface area (Å²) in [6.07, 6.45) is 10.3. The Morgan fingerprint density at radius 3 is 1.73 bits per heavy atom. The number of nitrogens with one attached hydrogen (secondary N) is 2. The molecule has 2 heterocycles. The van der Waals surface area contributed by atoms with Gasteiger partial charge in [-0.15, -0.1) is 0 Å². The zero-order chi connectivity index (χ0) is 22.0. The average molecular weight is 412 g/mol. The van der Waals surface area contributed by atoms with Crippen LogP contribution in [0.3, 0.4) is 0 Å². The minimum absolute atomic E-state index is 0.0563. The van der Waals surface area contributed by atoms with E-state index in [1.54, 1.807) is 18.3 Å². The normalized spacial score (nSPS) is 36.2. The fourth-order valence-electron chi connectivity index (χ4n) is 4.80. The molecule has 8 atom stereocenters. The first kappa shape index (κ1) is 21.0. The van der Waals surface area contributed by atoms with Gasteiger partial charge < -0.3 is 16.2 Å². The van der Waals surface area contributed by atoms with E-state index in [-0.39, 0.29) is 11.8 Å². The molecule has 1 saturated heterocycles. The van der Waals surface area contributed by atoms with Gasteiger partial charge in [0.25, 0.3) is 0 Å². The Morgan fingerprint density at radius 1 is 0.767 bits per heavy atom. The Morgan fingerprint density at radius 2 is 1.23 bits per heavy atom. The molecule has 1 saturated carbocycles. The van der Waals surface area contributed by atoms with Gasteiger partial charge in [0.1, 0.15) is 0 Å². The summed E-state index contributed by atoms with van der Waals surface area (Å²) in [5.41, 5.74) is 10.5. The van der Waals surface area contributed by atoms with Crippen LogP contribution in [0.15, 0.2) is 24.3 Å².